The van der Waals surface area contributed by atoms with Crippen LogP contribution in [-0.4, -0.2) is 47.2 Å². The SMILES string of the molecule is O=C(O)CN(CC1CC1)C1CC(NC(=O)Nc2cc(Cl)ccc2F)C1. The number of aliphatic carboxylic acids is 1. The number of carboxylic acids is 1. The van der Waals surface area contributed by atoms with Crippen LogP contribution in [0.2, 0.25) is 5.02 Å². The lowest BCUT2D eigenvalue weighted by Gasteiger charge is -2.42. The van der Waals surface area contributed by atoms with Crippen LogP contribution in [0.5, 0.6) is 0 Å². The van der Waals surface area contributed by atoms with Crippen molar-refractivity contribution in [2.24, 2.45) is 5.92 Å². The van der Waals surface area contributed by atoms with Gasteiger partial charge in [0.25, 0.3) is 0 Å². The number of carbonyl (C=O) groups is 2. The summed E-state index contributed by atoms with van der Waals surface area (Å²) in [6.45, 7) is 0.845. The number of nitrogens with one attached hydrogen (secondary N) is 2. The number of amides is 2. The summed E-state index contributed by atoms with van der Waals surface area (Å²) in [7, 11) is 0. The number of carbonyl (C=O) groups excluding carboxylic acids is 1. The molecule has 2 amide bonds. The van der Waals surface area contributed by atoms with Crippen molar-refractivity contribution >= 4 is 29.3 Å². The van der Waals surface area contributed by atoms with E-state index in [1.54, 1.807) is 0 Å². The highest BCUT2D eigenvalue weighted by atomic mass is 35.5. The summed E-state index contributed by atoms with van der Waals surface area (Å²) >= 11 is 5.79. The zero-order valence-electron chi connectivity index (χ0n) is 13.7. The van der Waals surface area contributed by atoms with E-state index in [4.69, 9.17) is 16.7 Å². The van der Waals surface area contributed by atoms with Crippen molar-refractivity contribution in [2.75, 3.05) is 18.4 Å². The molecule has 3 N–H and O–H groups in total. The highest BCUT2D eigenvalue weighted by molar-refractivity contribution is 6.30. The molecule has 0 saturated heterocycles. The van der Waals surface area contributed by atoms with Gasteiger partial charge in [-0.2, -0.15) is 0 Å². The van der Waals surface area contributed by atoms with Gasteiger partial charge in [0.2, 0.25) is 0 Å². The smallest absolute Gasteiger partial charge is 0.319 e. The molecule has 0 spiro atoms. The van der Waals surface area contributed by atoms with Gasteiger partial charge in [-0.1, -0.05) is 11.6 Å². The second-order valence-corrected chi connectivity index (χ2v) is 7.25. The summed E-state index contributed by atoms with van der Waals surface area (Å²) in [5.74, 6) is -0.769. The highest BCUT2D eigenvalue weighted by Crippen LogP contribution is 2.33. The number of rotatable bonds is 7. The van der Waals surface area contributed by atoms with E-state index in [1.807, 2.05) is 4.90 Å². The number of carboxylic acid groups (broad SMARTS) is 1. The van der Waals surface area contributed by atoms with E-state index in [0.29, 0.717) is 23.8 Å². The summed E-state index contributed by atoms with van der Waals surface area (Å²) < 4.78 is 13.6. The molecule has 2 fully saturated rings. The minimum Gasteiger partial charge on any atom is -0.480 e. The molecule has 3 rings (SSSR count). The number of anilines is 1. The van der Waals surface area contributed by atoms with Crippen LogP contribution in [0.3, 0.4) is 0 Å². The van der Waals surface area contributed by atoms with E-state index in [1.165, 1.54) is 18.2 Å². The minimum absolute atomic E-state index is 0.0297. The first-order valence-electron chi connectivity index (χ1n) is 8.39. The van der Waals surface area contributed by atoms with Crippen molar-refractivity contribution in [1.82, 2.24) is 10.2 Å². The maximum absolute atomic E-state index is 13.6. The van der Waals surface area contributed by atoms with Gasteiger partial charge in [0.1, 0.15) is 5.82 Å². The first kappa shape index (κ1) is 17.9. The molecular weight excluding hydrogens is 349 g/mol. The van der Waals surface area contributed by atoms with Crippen molar-refractivity contribution in [2.45, 2.75) is 37.8 Å². The molecule has 1 aromatic carbocycles. The molecule has 0 atom stereocenters. The predicted octanol–water partition coefficient (Wildman–Crippen LogP) is 2.93. The Balaban J connectivity index is 1.46. The van der Waals surface area contributed by atoms with Gasteiger partial charge in [0, 0.05) is 23.7 Å². The molecule has 136 valence electrons. The quantitative estimate of drug-likeness (QED) is 0.690. The average Bonchev–Trinajstić information content (AvgIpc) is 3.29. The number of nitrogens with zero attached hydrogens (tertiary/aromatic N) is 1. The van der Waals surface area contributed by atoms with Crippen molar-refractivity contribution in [3.05, 3.63) is 29.0 Å². The third kappa shape index (κ3) is 5.06. The van der Waals surface area contributed by atoms with Crippen LogP contribution >= 0.6 is 11.6 Å². The van der Waals surface area contributed by atoms with Gasteiger partial charge in [-0.05, 0) is 49.8 Å². The Morgan fingerprint density at radius 3 is 2.68 bits per heavy atom. The number of hydrogen-bond donors (Lipinski definition) is 3. The lowest BCUT2D eigenvalue weighted by atomic mass is 9.85. The van der Waals surface area contributed by atoms with Crippen LogP contribution in [-0.2, 0) is 4.79 Å². The summed E-state index contributed by atoms with van der Waals surface area (Å²) in [5, 5.41) is 14.6. The summed E-state index contributed by atoms with van der Waals surface area (Å²) in [5.41, 5.74) is 0.0297. The first-order valence-corrected chi connectivity index (χ1v) is 8.77. The lowest BCUT2D eigenvalue weighted by molar-refractivity contribution is -0.139. The Hall–Kier alpha value is -1.86. The maximum Gasteiger partial charge on any atom is 0.319 e. The molecule has 2 saturated carbocycles. The standard InChI is InChI=1S/C17H21ClFN3O3/c18-11-3-4-14(19)15(5-11)21-17(25)20-12-6-13(7-12)22(9-16(23)24)8-10-1-2-10/h3-5,10,12-13H,1-2,6-9H2,(H,23,24)(H2,20,21,25). The fourth-order valence-electron chi connectivity index (χ4n) is 3.09. The van der Waals surface area contributed by atoms with Gasteiger partial charge in [0.15, 0.2) is 0 Å². The third-order valence-corrected chi connectivity index (χ3v) is 4.90. The van der Waals surface area contributed by atoms with E-state index < -0.39 is 17.8 Å². The van der Waals surface area contributed by atoms with Gasteiger partial charge in [-0.15, -0.1) is 0 Å². The van der Waals surface area contributed by atoms with Crippen molar-refractivity contribution in [3.63, 3.8) is 0 Å². The van der Waals surface area contributed by atoms with Crippen LogP contribution in [0.15, 0.2) is 18.2 Å². The van der Waals surface area contributed by atoms with Crippen LogP contribution < -0.4 is 10.6 Å². The molecule has 2 aliphatic carbocycles. The fourth-order valence-corrected chi connectivity index (χ4v) is 3.26. The van der Waals surface area contributed by atoms with E-state index in [9.17, 15) is 14.0 Å². The van der Waals surface area contributed by atoms with E-state index in [-0.39, 0.29) is 24.3 Å². The zero-order valence-corrected chi connectivity index (χ0v) is 14.4. The van der Waals surface area contributed by atoms with Crippen molar-refractivity contribution in [1.29, 1.82) is 0 Å². The van der Waals surface area contributed by atoms with Crippen molar-refractivity contribution < 1.29 is 19.1 Å². The minimum atomic E-state index is -0.828. The van der Waals surface area contributed by atoms with Gasteiger partial charge in [0.05, 0.1) is 12.2 Å². The molecule has 2 aliphatic rings. The number of urea groups is 1. The molecule has 0 aliphatic heterocycles. The predicted molar refractivity (Wildman–Crippen MR) is 92.3 cm³/mol. The van der Waals surface area contributed by atoms with Gasteiger partial charge in [-0.25, -0.2) is 9.18 Å². The Bertz CT molecular complexity index is 663. The number of hydrogen-bond acceptors (Lipinski definition) is 3. The first-order chi connectivity index (χ1) is 11.9. The normalized spacial score (nSPS) is 22.4. The largest absolute Gasteiger partial charge is 0.480 e. The molecule has 0 aromatic heterocycles. The molecule has 0 bridgehead atoms. The second-order valence-electron chi connectivity index (χ2n) is 6.81. The molecular formula is C17H21ClFN3O3. The summed E-state index contributed by atoms with van der Waals surface area (Å²) in [6.07, 6.45) is 3.73. The third-order valence-electron chi connectivity index (χ3n) is 4.67. The molecule has 0 heterocycles. The zero-order chi connectivity index (χ0) is 18.0. The number of halogens is 2. The molecule has 0 unspecified atom stereocenters. The van der Waals surface area contributed by atoms with Crippen LogP contribution in [0.4, 0.5) is 14.9 Å². The molecule has 0 radical (unpaired) electrons. The molecule has 8 heteroatoms. The fraction of sp³-hybridized carbons (Fsp3) is 0.529. The average molecular weight is 370 g/mol. The topological polar surface area (TPSA) is 81.7 Å². The van der Waals surface area contributed by atoms with E-state index >= 15 is 0 Å². The Kier molecular flexibility index (Phi) is 5.44. The summed E-state index contributed by atoms with van der Waals surface area (Å²) in [4.78, 5) is 25.0. The second kappa shape index (κ2) is 7.58. The Labute approximate surface area is 150 Å². The molecule has 6 nitrogen and oxygen atoms in total. The maximum atomic E-state index is 13.6. The van der Waals surface area contributed by atoms with Crippen LogP contribution in [0.1, 0.15) is 25.7 Å². The Morgan fingerprint density at radius 1 is 1.32 bits per heavy atom. The molecule has 1 aromatic rings. The van der Waals surface area contributed by atoms with E-state index in [0.717, 1.165) is 19.4 Å². The highest BCUT2D eigenvalue weighted by Gasteiger charge is 2.37. The van der Waals surface area contributed by atoms with Crippen LogP contribution in [0, 0.1) is 11.7 Å². The van der Waals surface area contributed by atoms with Gasteiger partial charge >= 0.3 is 12.0 Å². The number of benzene rings is 1. The summed E-state index contributed by atoms with van der Waals surface area (Å²) in [6, 6.07) is 3.60. The Morgan fingerprint density at radius 2 is 2.04 bits per heavy atom. The van der Waals surface area contributed by atoms with Crippen molar-refractivity contribution in [3.8, 4) is 0 Å². The van der Waals surface area contributed by atoms with Gasteiger partial charge < -0.3 is 15.7 Å². The molecule has 25 heavy (non-hydrogen) atoms. The monoisotopic (exact) mass is 369 g/mol. The van der Waals surface area contributed by atoms with Crippen LogP contribution in [0.25, 0.3) is 0 Å². The van der Waals surface area contributed by atoms with E-state index in [2.05, 4.69) is 10.6 Å². The lowest BCUT2D eigenvalue weighted by Crippen LogP contribution is -2.55. The van der Waals surface area contributed by atoms with Gasteiger partial charge in [-0.3, -0.25) is 9.69 Å².